The van der Waals surface area contributed by atoms with Crippen molar-refractivity contribution in [3.63, 3.8) is 0 Å². The maximum Gasteiger partial charge on any atom is 0.333 e. The lowest BCUT2D eigenvalue weighted by atomic mass is 10.0. The number of halogens is 1. The first-order valence-electron chi connectivity index (χ1n) is 6.26. The van der Waals surface area contributed by atoms with E-state index in [1.165, 1.54) is 5.57 Å². The molecule has 0 saturated carbocycles. The second-order valence-corrected chi connectivity index (χ2v) is 4.35. The van der Waals surface area contributed by atoms with Crippen LogP contribution in [-0.4, -0.2) is 17.9 Å². The van der Waals surface area contributed by atoms with Gasteiger partial charge in [0.1, 0.15) is 0 Å². The molecule has 0 fully saturated rings. The highest BCUT2D eigenvalue weighted by Gasteiger charge is 2.14. The van der Waals surface area contributed by atoms with Gasteiger partial charge in [-0.25, -0.2) is 4.79 Å². The van der Waals surface area contributed by atoms with E-state index in [1.54, 1.807) is 0 Å². The van der Waals surface area contributed by atoms with E-state index in [0.29, 0.717) is 6.61 Å². The molecule has 0 amide bonds. The zero-order valence-electron chi connectivity index (χ0n) is 11.1. The molecule has 2 nitrogen and oxygen atoms in total. The van der Waals surface area contributed by atoms with Crippen LogP contribution in [0.3, 0.4) is 0 Å². The van der Waals surface area contributed by atoms with Gasteiger partial charge < -0.3 is 4.74 Å². The number of allylic oxidation sites excluding steroid dienone is 3. The van der Waals surface area contributed by atoms with Crippen molar-refractivity contribution >= 4 is 21.9 Å². The number of carbonyl (C=O) groups excluding carboxylic acids is 1. The van der Waals surface area contributed by atoms with Gasteiger partial charge in [0.05, 0.1) is 6.61 Å². The second-order valence-electron chi connectivity index (χ2n) is 3.79. The molecular formula is C14H23BrO2. The summed E-state index contributed by atoms with van der Waals surface area (Å²) in [5.41, 5.74) is 2.03. The molecule has 0 bridgehead atoms. The Balaban J connectivity index is 4.84. The highest BCUT2D eigenvalue weighted by molar-refractivity contribution is 9.09. The van der Waals surface area contributed by atoms with Gasteiger partial charge in [-0.2, -0.15) is 0 Å². The molecule has 0 aliphatic rings. The fraction of sp³-hybridized carbons (Fsp3) is 0.643. The van der Waals surface area contributed by atoms with Crippen LogP contribution in [0, 0.1) is 0 Å². The van der Waals surface area contributed by atoms with Crippen LogP contribution < -0.4 is 0 Å². The van der Waals surface area contributed by atoms with Crippen molar-refractivity contribution in [1.82, 2.24) is 0 Å². The van der Waals surface area contributed by atoms with Gasteiger partial charge in [-0.1, -0.05) is 41.4 Å². The summed E-state index contributed by atoms with van der Waals surface area (Å²) in [4.78, 5) is 11.9. The number of carbonyl (C=O) groups is 1. The third-order valence-corrected chi connectivity index (χ3v) is 3.14. The molecule has 0 radical (unpaired) electrons. The number of hydrogen-bond acceptors (Lipinski definition) is 2. The minimum Gasteiger partial charge on any atom is -0.463 e. The first-order chi connectivity index (χ1) is 8.21. The average molecular weight is 303 g/mol. The van der Waals surface area contributed by atoms with E-state index in [2.05, 4.69) is 28.9 Å². The number of ether oxygens (including phenoxy) is 1. The highest BCUT2D eigenvalue weighted by Crippen LogP contribution is 2.20. The second kappa shape index (κ2) is 10.6. The largest absolute Gasteiger partial charge is 0.463 e. The minimum absolute atomic E-state index is 0.153. The lowest BCUT2D eigenvalue weighted by Crippen LogP contribution is -2.11. The van der Waals surface area contributed by atoms with Crippen molar-refractivity contribution in [1.29, 1.82) is 0 Å². The molecule has 0 saturated heterocycles. The van der Waals surface area contributed by atoms with Gasteiger partial charge in [-0.15, -0.1) is 0 Å². The number of hydrogen-bond donors (Lipinski definition) is 0. The van der Waals surface area contributed by atoms with Crippen LogP contribution in [0.2, 0.25) is 0 Å². The molecule has 0 unspecified atom stereocenters. The van der Waals surface area contributed by atoms with Crippen LogP contribution in [0.4, 0.5) is 0 Å². The number of esters is 1. The van der Waals surface area contributed by atoms with Crippen LogP contribution >= 0.6 is 15.9 Å². The maximum absolute atomic E-state index is 11.9. The van der Waals surface area contributed by atoms with E-state index in [0.717, 1.165) is 36.6 Å². The predicted octanol–water partition coefficient (Wildman–Crippen LogP) is 4.40. The third kappa shape index (κ3) is 6.67. The molecule has 0 rings (SSSR count). The smallest absolute Gasteiger partial charge is 0.333 e. The van der Waals surface area contributed by atoms with Gasteiger partial charge in [0.25, 0.3) is 0 Å². The Kier molecular flexibility index (Phi) is 10.2. The minimum atomic E-state index is -0.153. The Morgan fingerprint density at radius 1 is 1.29 bits per heavy atom. The molecular weight excluding hydrogens is 280 g/mol. The lowest BCUT2D eigenvalue weighted by Gasteiger charge is -2.11. The summed E-state index contributed by atoms with van der Waals surface area (Å²) in [6.07, 6.45) is 7.76. The van der Waals surface area contributed by atoms with Crippen molar-refractivity contribution in [2.75, 3.05) is 11.9 Å². The molecule has 0 aliphatic heterocycles. The van der Waals surface area contributed by atoms with Gasteiger partial charge in [-0.05, 0) is 38.7 Å². The van der Waals surface area contributed by atoms with Gasteiger partial charge in [0.15, 0.2) is 0 Å². The molecule has 0 spiro atoms. The molecule has 0 aromatic heterocycles. The summed E-state index contributed by atoms with van der Waals surface area (Å²) in [5.74, 6) is -0.153. The Hall–Kier alpha value is -0.570. The van der Waals surface area contributed by atoms with Crippen LogP contribution in [-0.2, 0) is 9.53 Å². The standard InChI is InChI=1S/C14H23BrO2/c1-4-7-8-10-13(14(16)17-6-3)12(11-15)9-5-2/h4,7H,5-6,8-11H2,1-3H3. The molecule has 0 aliphatic carbocycles. The lowest BCUT2D eigenvalue weighted by molar-refractivity contribution is -0.138. The Labute approximate surface area is 113 Å². The fourth-order valence-corrected chi connectivity index (χ4v) is 2.25. The molecule has 0 aromatic carbocycles. The molecule has 3 heteroatoms. The molecule has 0 heterocycles. The van der Waals surface area contributed by atoms with Crippen molar-refractivity contribution in [3.05, 3.63) is 23.3 Å². The van der Waals surface area contributed by atoms with Crippen molar-refractivity contribution < 1.29 is 9.53 Å². The van der Waals surface area contributed by atoms with E-state index in [9.17, 15) is 4.79 Å². The van der Waals surface area contributed by atoms with Crippen LogP contribution in [0.15, 0.2) is 23.3 Å². The van der Waals surface area contributed by atoms with Crippen molar-refractivity contribution in [2.45, 2.75) is 46.5 Å². The molecule has 17 heavy (non-hydrogen) atoms. The van der Waals surface area contributed by atoms with E-state index in [1.807, 2.05) is 19.9 Å². The Bertz CT molecular complexity index is 280. The summed E-state index contributed by atoms with van der Waals surface area (Å²) < 4.78 is 5.12. The van der Waals surface area contributed by atoms with Crippen molar-refractivity contribution in [2.24, 2.45) is 0 Å². The first kappa shape index (κ1) is 16.4. The van der Waals surface area contributed by atoms with Crippen molar-refractivity contribution in [3.8, 4) is 0 Å². The van der Waals surface area contributed by atoms with Gasteiger partial charge in [0.2, 0.25) is 0 Å². The molecule has 0 aromatic rings. The van der Waals surface area contributed by atoms with Crippen LogP contribution in [0.25, 0.3) is 0 Å². The third-order valence-electron chi connectivity index (χ3n) is 2.46. The predicted molar refractivity (Wildman–Crippen MR) is 76.4 cm³/mol. The normalized spacial score (nSPS) is 12.7. The highest BCUT2D eigenvalue weighted by atomic mass is 79.9. The average Bonchev–Trinajstić information content (AvgIpc) is 2.33. The zero-order chi connectivity index (χ0) is 13.1. The summed E-state index contributed by atoms with van der Waals surface area (Å²) in [5, 5.41) is 0.755. The van der Waals surface area contributed by atoms with Crippen LogP contribution in [0.5, 0.6) is 0 Å². The van der Waals surface area contributed by atoms with E-state index < -0.39 is 0 Å². The fourth-order valence-electron chi connectivity index (χ4n) is 1.64. The van der Waals surface area contributed by atoms with Crippen LogP contribution in [0.1, 0.15) is 46.5 Å². The van der Waals surface area contributed by atoms with E-state index in [-0.39, 0.29) is 5.97 Å². The molecule has 0 atom stereocenters. The van der Waals surface area contributed by atoms with E-state index in [4.69, 9.17) is 4.74 Å². The van der Waals surface area contributed by atoms with Gasteiger partial charge in [-0.3, -0.25) is 0 Å². The zero-order valence-corrected chi connectivity index (χ0v) is 12.7. The topological polar surface area (TPSA) is 26.3 Å². The Morgan fingerprint density at radius 3 is 2.47 bits per heavy atom. The summed E-state index contributed by atoms with van der Waals surface area (Å²) in [7, 11) is 0. The monoisotopic (exact) mass is 302 g/mol. The Morgan fingerprint density at radius 2 is 2.00 bits per heavy atom. The van der Waals surface area contributed by atoms with Gasteiger partial charge in [0, 0.05) is 10.9 Å². The molecule has 0 N–H and O–H groups in total. The summed E-state index contributed by atoms with van der Waals surface area (Å²) in [6, 6.07) is 0. The van der Waals surface area contributed by atoms with Gasteiger partial charge >= 0.3 is 5.97 Å². The first-order valence-corrected chi connectivity index (χ1v) is 7.38. The van der Waals surface area contributed by atoms with E-state index >= 15 is 0 Å². The number of rotatable bonds is 8. The maximum atomic E-state index is 11.9. The SMILES string of the molecule is CC=CCCC(C(=O)OCC)=C(CBr)CCC. The molecule has 98 valence electrons. The number of alkyl halides is 1. The summed E-state index contributed by atoms with van der Waals surface area (Å²) in [6.45, 7) is 6.39. The quantitative estimate of drug-likeness (QED) is 0.287. The summed E-state index contributed by atoms with van der Waals surface area (Å²) >= 11 is 3.46.